The van der Waals surface area contributed by atoms with E-state index in [1.807, 2.05) is 29.9 Å². The first kappa shape index (κ1) is 22.6. The quantitative estimate of drug-likeness (QED) is 0.421. The maximum Gasteiger partial charge on any atom is 0.394 e. The predicted molar refractivity (Wildman–Crippen MR) is 126 cm³/mol. The molecule has 4 heterocycles. The van der Waals surface area contributed by atoms with Crippen molar-refractivity contribution in [3.8, 4) is 0 Å². The summed E-state index contributed by atoms with van der Waals surface area (Å²) in [5.41, 5.74) is 1.71. The van der Waals surface area contributed by atoms with E-state index in [4.69, 9.17) is 14.7 Å². The first-order valence-corrected chi connectivity index (χ1v) is 13.1. The van der Waals surface area contributed by atoms with E-state index < -0.39 is 11.6 Å². The van der Waals surface area contributed by atoms with E-state index in [2.05, 4.69) is 23.2 Å². The van der Waals surface area contributed by atoms with Crippen molar-refractivity contribution in [1.29, 1.82) is 0 Å². The highest BCUT2D eigenvalue weighted by Crippen LogP contribution is 2.70. The van der Waals surface area contributed by atoms with Gasteiger partial charge in [-0.2, -0.15) is 18.3 Å². The molecule has 36 heavy (non-hydrogen) atoms. The number of aromatic nitrogens is 5. The van der Waals surface area contributed by atoms with E-state index in [1.54, 1.807) is 0 Å². The molecule has 0 unspecified atom stereocenters. The third-order valence-corrected chi connectivity index (χ3v) is 8.97. The van der Waals surface area contributed by atoms with E-state index in [0.717, 1.165) is 35.2 Å². The van der Waals surface area contributed by atoms with Crippen LogP contribution in [-0.2, 0) is 4.74 Å². The van der Waals surface area contributed by atoms with Crippen LogP contribution in [0.4, 0.5) is 13.2 Å². The number of alkyl halides is 3. The van der Waals surface area contributed by atoms with Crippen LogP contribution < -0.4 is 0 Å². The van der Waals surface area contributed by atoms with Crippen molar-refractivity contribution in [1.82, 2.24) is 24.7 Å². The number of pyridine rings is 1. The fourth-order valence-corrected chi connectivity index (χ4v) is 6.89. The summed E-state index contributed by atoms with van der Waals surface area (Å²) in [5.74, 6) is 0.552. The SMILES string of the molecule is Cc1ccc2c([C@@H]3CC4(C(F)(F)F)CC3C4)nc([C@H]3C[C@@H](C)O[C@@H](c4cnn(C5CC5)c4)C3)nc2n1. The Morgan fingerprint density at radius 1 is 1.06 bits per heavy atom. The van der Waals surface area contributed by atoms with Crippen molar-refractivity contribution in [2.75, 3.05) is 0 Å². The van der Waals surface area contributed by atoms with Gasteiger partial charge in [-0.1, -0.05) is 0 Å². The van der Waals surface area contributed by atoms with Gasteiger partial charge in [0.1, 0.15) is 5.82 Å². The second kappa shape index (κ2) is 7.73. The van der Waals surface area contributed by atoms with E-state index in [1.165, 1.54) is 12.8 Å². The Morgan fingerprint density at radius 3 is 2.58 bits per heavy atom. The van der Waals surface area contributed by atoms with Crippen LogP contribution in [0.1, 0.15) is 98.6 Å². The minimum atomic E-state index is -4.16. The van der Waals surface area contributed by atoms with Crippen LogP contribution in [0.5, 0.6) is 0 Å². The van der Waals surface area contributed by atoms with E-state index >= 15 is 0 Å². The summed E-state index contributed by atoms with van der Waals surface area (Å²) in [6, 6.07) is 4.35. The number of aryl methyl sites for hydroxylation is 1. The highest BCUT2D eigenvalue weighted by Gasteiger charge is 2.69. The van der Waals surface area contributed by atoms with Crippen molar-refractivity contribution in [3.63, 3.8) is 0 Å². The second-order valence-electron chi connectivity index (χ2n) is 11.6. The van der Waals surface area contributed by atoms with Crippen molar-refractivity contribution in [2.45, 2.75) is 95.1 Å². The standard InChI is InChI=1S/C27H30F3N5O/c1-14-3-6-20-23(21-11-26(27(28,29)30)9-17(21)10-26)33-24(34-25(20)32-14)16-7-15(2)36-22(8-16)18-12-31-35(13-18)19-4-5-19/h3,6,12-13,15-17,19,21-22H,4-5,7-11H2,1-2H3/t15-,16+,17?,21-,22-,26?/m1/s1. The zero-order valence-corrected chi connectivity index (χ0v) is 20.5. The number of ether oxygens (including phenoxy) is 1. The highest BCUT2D eigenvalue weighted by molar-refractivity contribution is 5.78. The summed E-state index contributed by atoms with van der Waals surface area (Å²) in [5, 5.41) is 5.33. The highest BCUT2D eigenvalue weighted by atomic mass is 19.4. The van der Waals surface area contributed by atoms with Gasteiger partial charge in [0.15, 0.2) is 5.65 Å². The molecule has 6 nitrogen and oxygen atoms in total. The van der Waals surface area contributed by atoms with Crippen molar-refractivity contribution in [2.24, 2.45) is 11.3 Å². The first-order chi connectivity index (χ1) is 17.2. The van der Waals surface area contributed by atoms with Crippen LogP contribution in [0.2, 0.25) is 0 Å². The van der Waals surface area contributed by atoms with Crippen molar-refractivity contribution in [3.05, 3.63) is 47.3 Å². The summed E-state index contributed by atoms with van der Waals surface area (Å²) >= 11 is 0. The monoisotopic (exact) mass is 497 g/mol. The molecule has 4 saturated carbocycles. The molecular weight excluding hydrogens is 467 g/mol. The Kier molecular flexibility index (Phi) is 4.86. The third-order valence-electron chi connectivity index (χ3n) is 8.97. The molecule has 8 rings (SSSR count). The first-order valence-electron chi connectivity index (χ1n) is 13.1. The minimum absolute atomic E-state index is 0.0130. The molecule has 4 aliphatic carbocycles. The normalized spacial score (nSPS) is 34.2. The lowest BCUT2D eigenvalue weighted by atomic mass is 9.68. The van der Waals surface area contributed by atoms with Crippen LogP contribution in [-0.4, -0.2) is 37.0 Å². The summed E-state index contributed by atoms with van der Waals surface area (Å²) < 4.78 is 49.9. The summed E-state index contributed by atoms with van der Waals surface area (Å²) in [6.07, 6.45) is 4.11. The number of hydrogen-bond acceptors (Lipinski definition) is 5. The molecule has 3 aromatic heterocycles. The van der Waals surface area contributed by atoms with Gasteiger partial charge in [0.25, 0.3) is 0 Å². The topological polar surface area (TPSA) is 65.7 Å². The van der Waals surface area contributed by atoms with Crippen LogP contribution in [0.3, 0.4) is 0 Å². The molecule has 5 fully saturated rings. The lowest BCUT2D eigenvalue weighted by molar-refractivity contribution is -0.244. The lowest BCUT2D eigenvalue weighted by Crippen LogP contribution is -2.42. The maximum atomic E-state index is 13.8. The molecule has 190 valence electrons. The van der Waals surface area contributed by atoms with E-state index in [0.29, 0.717) is 17.5 Å². The number of rotatable bonds is 4. The molecule has 1 saturated heterocycles. The molecular formula is C27H30F3N5O. The van der Waals surface area contributed by atoms with Gasteiger partial charge in [-0.05, 0) is 76.8 Å². The summed E-state index contributed by atoms with van der Waals surface area (Å²) in [6.45, 7) is 3.98. The smallest absolute Gasteiger partial charge is 0.370 e. The molecule has 4 atom stereocenters. The van der Waals surface area contributed by atoms with Gasteiger partial charge >= 0.3 is 6.18 Å². The van der Waals surface area contributed by atoms with Gasteiger partial charge in [0, 0.05) is 34.7 Å². The average Bonchev–Trinajstić information content (AvgIpc) is 3.25. The average molecular weight is 498 g/mol. The van der Waals surface area contributed by atoms with Gasteiger partial charge in [-0.25, -0.2) is 15.0 Å². The fraction of sp³-hybridized carbons (Fsp3) is 0.630. The molecule has 0 N–H and O–H groups in total. The number of halogens is 3. The Bertz CT molecular complexity index is 1330. The molecule has 1 aliphatic heterocycles. The van der Waals surface area contributed by atoms with Crippen molar-refractivity contribution < 1.29 is 17.9 Å². The number of fused-ring (bicyclic) bond motifs is 2. The molecule has 9 heteroatoms. The fourth-order valence-electron chi connectivity index (χ4n) is 6.89. The molecule has 0 radical (unpaired) electrons. The lowest BCUT2D eigenvalue weighted by Gasteiger charge is -2.39. The van der Waals surface area contributed by atoms with Crippen molar-refractivity contribution >= 4 is 11.0 Å². The molecule has 5 aliphatic rings. The van der Waals surface area contributed by atoms with Crippen LogP contribution >= 0.6 is 0 Å². The van der Waals surface area contributed by atoms with E-state index in [-0.39, 0.29) is 49.2 Å². The molecule has 0 aromatic carbocycles. The maximum absolute atomic E-state index is 13.8. The van der Waals surface area contributed by atoms with E-state index in [9.17, 15) is 13.2 Å². The number of hydrogen-bond donors (Lipinski definition) is 0. The second-order valence-corrected chi connectivity index (χ2v) is 11.6. The number of nitrogens with zero attached hydrogens (tertiary/aromatic N) is 5. The van der Waals surface area contributed by atoms with Crippen LogP contribution in [0.15, 0.2) is 24.5 Å². The summed E-state index contributed by atoms with van der Waals surface area (Å²) in [4.78, 5) is 14.6. The van der Waals surface area contributed by atoms with Gasteiger partial charge in [-0.15, -0.1) is 0 Å². The Hall–Kier alpha value is -2.55. The largest absolute Gasteiger partial charge is 0.394 e. The molecule has 3 aromatic rings. The summed E-state index contributed by atoms with van der Waals surface area (Å²) in [7, 11) is 0. The van der Waals surface area contributed by atoms with Crippen LogP contribution in [0.25, 0.3) is 11.0 Å². The van der Waals surface area contributed by atoms with Gasteiger partial charge in [-0.3, -0.25) is 4.68 Å². The predicted octanol–water partition coefficient (Wildman–Crippen LogP) is 6.33. The Morgan fingerprint density at radius 2 is 1.86 bits per heavy atom. The molecule has 0 spiro atoms. The molecule has 0 amide bonds. The van der Waals surface area contributed by atoms with Gasteiger partial charge in [0.2, 0.25) is 0 Å². The molecule has 2 bridgehead atoms. The van der Waals surface area contributed by atoms with Gasteiger partial charge < -0.3 is 4.74 Å². The minimum Gasteiger partial charge on any atom is -0.370 e. The Labute approximate surface area is 207 Å². The zero-order chi connectivity index (χ0) is 24.8. The zero-order valence-electron chi connectivity index (χ0n) is 20.5. The third kappa shape index (κ3) is 3.56. The Balaban J connectivity index is 1.24. The van der Waals surface area contributed by atoms with Gasteiger partial charge in [0.05, 0.1) is 35.6 Å². The van der Waals surface area contributed by atoms with Crippen LogP contribution in [0, 0.1) is 18.3 Å².